The molecule has 1 fully saturated rings. The molecule has 0 radical (unpaired) electrons. The summed E-state index contributed by atoms with van der Waals surface area (Å²) in [5.41, 5.74) is -0.169. The number of nitrogens with one attached hydrogen (secondary N) is 1. The van der Waals surface area contributed by atoms with Crippen LogP contribution in [0.3, 0.4) is 0 Å². The first-order valence-corrected chi connectivity index (χ1v) is 4.71. The third-order valence-electron chi connectivity index (χ3n) is 2.18. The lowest BCUT2D eigenvalue weighted by Gasteiger charge is -2.28. The van der Waals surface area contributed by atoms with E-state index < -0.39 is 0 Å². The number of hydrogen-bond donors (Lipinski definition) is 1. The van der Waals surface area contributed by atoms with Gasteiger partial charge >= 0.3 is 6.03 Å². The van der Waals surface area contributed by atoms with Crippen molar-refractivity contribution in [2.75, 3.05) is 19.9 Å². The summed E-state index contributed by atoms with van der Waals surface area (Å²) < 4.78 is 5.24. The molecule has 1 rings (SSSR count). The van der Waals surface area contributed by atoms with Crippen LogP contribution >= 0.6 is 0 Å². The zero-order valence-electron chi connectivity index (χ0n) is 8.59. The lowest BCUT2D eigenvalue weighted by molar-refractivity contribution is 0.139. The van der Waals surface area contributed by atoms with Gasteiger partial charge in [0.15, 0.2) is 0 Å². The predicted molar refractivity (Wildman–Crippen MR) is 50.4 cm³/mol. The molecular weight excluding hydrogens is 168 g/mol. The number of amides is 2. The molecular formula is C9H18N2O2. The summed E-state index contributed by atoms with van der Waals surface area (Å²) >= 11 is 0. The minimum absolute atomic E-state index is 0.0237. The van der Waals surface area contributed by atoms with Crippen molar-refractivity contribution < 1.29 is 9.53 Å². The van der Waals surface area contributed by atoms with Gasteiger partial charge in [-0.1, -0.05) is 6.92 Å². The molecule has 1 N–H and O–H groups in total. The molecule has 0 unspecified atom stereocenters. The van der Waals surface area contributed by atoms with E-state index in [4.69, 9.17) is 4.74 Å². The summed E-state index contributed by atoms with van der Waals surface area (Å²) in [4.78, 5) is 13.3. The molecule has 1 aliphatic heterocycles. The van der Waals surface area contributed by atoms with Crippen molar-refractivity contribution in [3.05, 3.63) is 0 Å². The molecule has 1 heterocycles. The van der Waals surface area contributed by atoms with Gasteiger partial charge in [-0.15, -0.1) is 0 Å². The van der Waals surface area contributed by atoms with Crippen LogP contribution in [0.5, 0.6) is 0 Å². The minimum atomic E-state index is -0.169. The van der Waals surface area contributed by atoms with Crippen molar-refractivity contribution in [3.63, 3.8) is 0 Å². The summed E-state index contributed by atoms with van der Waals surface area (Å²) in [6, 6.07) is -0.0237. The number of hydrogen-bond acceptors (Lipinski definition) is 2. The van der Waals surface area contributed by atoms with Crippen molar-refractivity contribution in [3.8, 4) is 0 Å². The quantitative estimate of drug-likeness (QED) is 0.703. The predicted octanol–water partition coefficient (Wildman–Crippen LogP) is 1.17. The summed E-state index contributed by atoms with van der Waals surface area (Å²) in [5, 5.41) is 2.84. The number of rotatable bonds is 2. The van der Waals surface area contributed by atoms with Crippen LogP contribution in [-0.4, -0.2) is 36.4 Å². The average molecular weight is 186 g/mol. The molecule has 13 heavy (non-hydrogen) atoms. The molecule has 0 aromatic rings. The molecule has 0 atom stereocenters. The fourth-order valence-electron chi connectivity index (χ4n) is 1.30. The maximum Gasteiger partial charge on any atom is 0.319 e. The minimum Gasteiger partial charge on any atom is -0.359 e. The van der Waals surface area contributed by atoms with Gasteiger partial charge in [0.05, 0.1) is 12.1 Å². The van der Waals surface area contributed by atoms with E-state index in [2.05, 4.69) is 5.32 Å². The molecule has 0 saturated carbocycles. The molecule has 76 valence electrons. The summed E-state index contributed by atoms with van der Waals surface area (Å²) in [5.74, 6) is 0. The number of carbonyl (C=O) groups excluding carboxylic acids is 1. The van der Waals surface area contributed by atoms with Crippen LogP contribution in [0.2, 0.25) is 0 Å². The Morgan fingerprint density at radius 1 is 1.62 bits per heavy atom. The van der Waals surface area contributed by atoms with E-state index in [0.717, 1.165) is 13.0 Å². The highest BCUT2D eigenvalue weighted by atomic mass is 16.5. The van der Waals surface area contributed by atoms with Crippen LogP contribution in [-0.2, 0) is 4.74 Å². The van der Waals surface area contributed by atoms with E-state index >= 15 is 0 Å². The largest absolute Gasteiger partial charge is 0.359 e. The lowest BCUT2D eigenvalue weighted by Crippen LogP contribution is -2.49. The van der Waals surface area contributed by atoms with E-state index in [1.165, 1.54) is 0 Å². The van der Waals surface area contributed by atoms with Crippen LogP contribution in [0.15, 0.2) is 0 Å². The van der Waals surface area contributed by atoms with Crippen LogP contribution in [0.4, 0.5) is 4.79 Å². The SMILES string of the molecule is CCCNC(=O)N1COCC1(C)C. The molecule has 0 aromatic carbocycles. The zero-order valence-corrected chi connectivity index (χ0v) is 8.59. The molecule has 1 saturated heterocycles. The van der Waals surface area contributed by atoms with Crippen molar-refractivity contribution in [2.24, 2.45) is 0 Å². The topological polar surface area (TPSA) is 41.6 Å². The normalized spacial score (nSPS) is 20.4. The van der Waals surface area contributed by atoms with Gasteiger partial charge in [0.2, 0.25) is 0 Å². The number of nitrogens with zero attached hydrogens (tertiary/aromatic N) is 1. The Hall–Kier alpha value is -0.770. The average Bonchev–Trinajstić information content (AvgIpc) is 2.41. The maximum atomic E-state index is 11.6. The standard InChI is InChI=1S/C9H18N2O2/c1-4-5-10-8(12)11-7-13-6-9(11,2)3/h4-7H2,1-3H3,(H,10,12). The first-order chi connectivity index (χ1) is 6.08. The van der Waals surface area contributed by atoms with Crippen LogP contribution < -0.4 is 5.32 Å². The smallest absolute Gasteiger partial charge is 0.319 e. The van der Waals surface area contributed by atoms with Gasteiger partial charge in [-0.3, -0.25) is 4.90 Å². The van der Waals surface area contributed by atoms with E-state index in [9.17, 15) is 4.79 Å². The second-order valence-electron chi connectivity index (χ2n) is 3.95. The van der Waals surface area contributed by atoms with Crippen LogP contribution in [0, 0.1) is 0 Å². The van der Waals surface area contributed by atoms with Crippen molar-refractivity contribution >= 4 is 6.03 Å². The third-order valence-corrected chi connectivity index (χ3v) is 2.18. The summed E-state index contributed by atoms with van der Waals surface area (Å²) in [7, 11) is 0. The Bertz CT molecular complexity index is 192. The van der Waals surface area contributed by atoms with Crippen LogP contribution in [0.25, 0.3) is 0 Å². The second kappa shape index (κ2) is 3.96. The third kappa shape index (κ3) is 2.34. The van der Waals surface area contributed by atoms with Gasteiger partial charge < -0.3 is 10.1 Å². The zero-order chi connectivity index (χ0) is 9.90. The van der Waals surface area contributed by atoms with Crippen LogP contribution in [0.1, 0.15) is 27.2 Å². The first-order valence-electron chi connectivity index (χ1n) is 4.71. The Labute approximate surface area is 79.2 Å². The fourth-order valence-corrected chi connectivity index (χ4v) is 1.30. The van der Waals surface area contributed by atoms with E-state index in [1.807, 2.05) is 20.8 Å². The molecule has 0 aromatic heterocycles. The Kier molecular flexibility index (Phi) is 3.14. The van der Waals surface area contributed by atoms with E-state index in [0.29, 0.717) is 13.3 Å². The van der Waals surface area contributed by atoms with Crippen molar-refractivity contribution in [2.45, 2.75) is 32.7 Å². The highest BCUT2D eigenvalue weighted by Crippen LogP contribution is 2.20. The molecule has 0 bridgehead atoms. The van der Waals surface area contributed by atoms with Gasteiger partial charge in [0.1, 0.15) is 6.73 Å². The van der Waals surface area contributed by atoms with Crippen molar-refractivity contribution in [1.29, 1.82) is 0 Å². The number of carbonyl (C=O) groups is 1. The molecule has 1 aliphatic rings. The molecule has 2 amide bonds. The number of urea groups is 1. The first kappa shape index (κ1) is 10.3. The fraction of sp³-hybridized carbons (Fsp3) is 0.889. The summed E-state index contributed by atoms with van der Waals surface area (Å²) in [6.45, 7) is 7.80. The van der Waals surface area contributed by atoms with E-state index in [1.54, 1.807) is 4.90 Å². The highest BCUT2D eigenvalue weighted by Gasteiger charge is 2.36. The Morgan fingerprint density at radius 2 is 2.31 bits per heavy atom. The maximum absolute atomic E-state index is 11.6. The Balaban J connectivity index is 2.46. The van der Waals surface area contributed by atoms with Gasteiger partial charge in [-0.25, -0.2) is 4.79 Å². The molecule has 0 aliphatic carbocycles. The van der Waals surface area contributed by atoms with Gasteiger partial charge in [0, 0.05) is 6.54 Å². The van der Waals surface area contributed by atoms with Gasteiger partial charge in [-0.2, -0.15) is 0 Å². The summed E-state index contributed by atoms with van der Waals surface area (Å²) in [6.07, 6.45) is 0.959. The number of ether oxygens (including phenoxy) is 1. The lowest BCUT2D eigenvalue weighted by atomic mass is 10.1. The highest BCUT2D eigenvalue weighted by molar-refractivity contribution is 5.75. The molecule has 0 spiro atoms. The monoisotopic (exact) mass is 186 g/mol. The Morgan fingerprint density at radius 3 is 2.77 bits per heavy atom. The van der Waals surface area contributed by atoms with Gasteiger partial charge in [0.25, 0.3) is 0 Å². The van der Waals surface area contributed by atoms with Gasteiger partial charge in [-0.05, 0) is 20.3 Å². The molecule has 4 heteroatoms. The second-order valence-corrected chi connectivity index (χ2v) is 3.95. The van der Waals surface area contributed by atoms with E-state index in [-0.39, 0.29) is 11.6 Å². The van der Waals surface area contributed by atoms with Crippen molar-refractivity contribution in [1.82, 2.24) is 10.2 Å². The molecule has 4 nitrogen and oxygen atoms in total.